The van der Waals surface area contributed by atoms with Crippen LogP contribution in [0.2, 0.25) is 0 Å². The Bertz CT molecular complexity index is 773. The van der Waals surface area contributed by atoms with E-state index in [1.165, 1.54) is 11.3 Å². The van der Waals surface area contributed by atoms with Crippen molar-refractivity contribution < 1.29 is 19.1 Å². The van der Waals surface area contributed by atoms with E-state index in [0.29, 0.717) is 22.8 Å². The van der Waals surface area contributed by atoms with Crippen molar-refractivity contribution in [2.75, 3.05) is 6.61 Å². The van der Waals surface area contributed by atoms with Crippen molar-refractivity contribution in [1.29, 1.82) is 0 Å². The summed E-state index contributed by atoms with van der Waals surface area (Å²) in [5.74, 6) is -0.769. The van der Waals surface area contributed by atoms with Gasteiger partial charge >= 0.3 is 0 Å². The number of carbonyl (C=O) groups is 3. The molecule has 1 aromatic carbocycles. The van der Waals surface area contributed by atoms with E-state index in [9.17, 15) is 14.4 Å². The first kappa shape index (κ1) is 20.4. The first-order chi connectivity index (χ1) is 12.9. The van der Waals surface area contributed by atoms with Crippen LogP contribution in [-0.4, -0.2) is 30.4 Å². The summed E-state index contributed by atoms with van der Waals surface area (Å²) in [7, 11) is 0. The minimum atomic E-state index is -0.778. The summed E-state index contributed by atoms with van der Waals surface area (Å²) in [5, 5.41) is 4.48. The normalized spacial score (nSPS) is 11.6. The molecule has 2 aromatic rings. The summed E-state index contributed by atoms with van der Waals surface area (Å²) < 4.78 is 5.32. The fourth-order valence-electron chi connectivity index (χ4n) is 2.29. The zero-order chi connectivity index (χ0) is 19.8. The minimum absolute atomic E-state index is 0.156. The van der Waals surface area contributed by atoms with Crippen molar-refractivity contribution in [3.05, 3.63) is 52.2 Å². The van der Waals surface area contributed by atoms with E-state index in [1.807, 2.05) is 20.8 Å². The summed E-state index contributed by atoms with van der Waals surface area (Å²) in [6.45, 7) is 6.04. The summed E-state index contributed by atoms with van der Waals surface area (Å²) >= 11 is 1.29. The molecule has 2 rings (SSSR count). The first-order valence-corrected chi connectivity index (χ1v) is 9.47. The molecule has 27 heavy (non-hydrogen) atoms. The average molecular weight is 389 g/mol. The van der Waals surface area contributed by atoms with E-state index >= 15 is 0 Å². The third-order valence-electron chi connectivity index (χ3n) is 3.71. The Labute approximate surface area is 162 Å². The van der Waals surface area contributed by atoms with Gasteiger partial charge in [0.25, 0.3) is 17.7 Å². The molecule has 0 saturated heterocycles. The third kappa shape index (κ3) is 5.82. The number of nitrogens with one attached hydrogen (secondary N) is 3. The first-order valence-electron chi connectivity index (χ1n) is 8.59. The van der Waals surface area contributed by atoms with Gasteiger partial charge in [0.15, 0.2) is 0 Å². The molecule has 1 aromatic heterocycles. The largest absolute Gasteiger partial charge is 0.494 e. The molecular formula is C19H23N3O4S. The third-order valence-corrected chi connectivity index (χ3v) is 4.58. The lowest BCUT2D eigenvalue weighted by Crippen LogP contribution is -2.54. The topological polar surface area (TPSA) is 96.5 Å². The predicted octanol–water partition coefficient (Wildman–Crippen LogP) is 2.36. The van der Waals surface area contributed by atoms with Crippen molar-refractivity contribution in [2.24, 2.45) is 5.92 Å². The van der Waals surface area contributed by atoms with Gasteiger partial charge in [-0.1, -0.05) is 19.9 Å². The molecule has 1 atom stereocenters. The average Bonchev–Trinajstić information content (AvgIpc) is 3.19. The molecule has 144 valence electrons. The molecule has 0 aliphatic heterocycles. The van der Waals surface area contributed by atoms with Gasteiger partial charge in [0.05, 0.1) is 11.5 Å². The maximum atomic E-state index is 12.4. The highest BCUT2D eigenvalue weighted by atomic mass is 32.1. The summed E-state index contributed by atoms with van der Waals surface area (Å²) in [6.07, 6.45) is 0. The molecule has 7 nitrogen and oxygen atoms in total. The highest BCUT2D eigenvalue weighted by Crippen LogP contribution is 2.12. The Hall–Kier alpha value is -2.87. The highest BCUT2D eigenvalue weighted by molar-refractivity contribution is 7.12. The Balaban J connectivity index is 1.92. The van der Waals surface area contributed by atoms with Gasteiger partial charge in [0, 0.05) is 5.56 Å². The molecule has 0 spiro atoms. The smallest absolute Gasteiger partial charge is 0.269 e. The number of benzene rings is 1. The summed E-state index contributed by atoms with van der Waals surface area (Å²) in [5.41, 5.74) is 5.11. The standard InChI is InChI=1S/C19H23N3O4S/c1-4-26-14-9-7-13(8-10-14)17(23)21-22-19(25)16(12(2)3)20-18(24)15-6-5-11-27-15/h5-12,16H,4H2,1-3H3,(H,20,24)(H,21,23)(H,22,25)/t16-/m1/s1. The Morgan fingerprint density at radius 2 is 1.74 bits per heavy atom. The van der Waals surface area contributed by atoms with Crippen LogP contribution < -0.4 is 20.9 Å². The second kappa shape index (κ2) is 9.72. The molecule has 0 saturated carbocycles. The molecule has 0 radical (unpaired) electrons. The molecule has 0 fully saturated rings. The van der Waals surface area contributed by atoms with E-state index < -0.39 is 17.9 Å². The SMILES string of the molecule is CCOc1ccc(C(=O)NNC(=O)[C@H](NC(=O)c2cccs2)C(C)C)cc1. The van der Waals surface area contributed by atoms with Crippen LogP contribution in [0.3, 0.4) is 0 Å². The zero-order valence-electron chi connectivity index (χ0n) is 15.4. The van der Waals surface area contributed by atoms with Gasteiger partial charge < -0.3 is 10.1 Å². The van der Waals surface area contributed by atoms with Crippen molar-refractivity contribution in [2.45, 2.75) is 26.8 Å². The van der Waals surface area contributed by atoms with E-state index in [1.54, 1.807) is 41.8 Å². The molecule has 1 heterocycles. The lowest BCUT2D eigenvalue weighted by Gasteiger charge is -2.21. The molecule has 8 heteroatoms. The zero-order valence-corrected chi connectivity index (χ0v) is 16.3. The van der Waals surface area contributed by atoms with Crippen molar-refractivity contribution in [3.8, 4) is 5.75 Å². The molecule has 3 N–H and O–H groups in total. The highest BCUT2D eigenvalue weighted by Gasteiger charge is 2.25. The lowest BCUT2D eigenvalue weighted by atomic mass is 10.0. The van der Waals surface area contributed by atoms with Crippen LogP contribution in [0.4, 0.5) is 0 Å². The van der Waals surface area contributed by atoms with Crippen LogP contribution in [0.1, 0.15) is 40.8 Å². The number of hydrogen-bond donors (Lipinski definition) is 3. The van der Waals surface area contributed by atoms with E-state index in [4.69, 9.17) is 4.74 Å². The number of amides is 3. The number of rotatable bonds is 7. The van der Waals surface area contributed by atoms with Crippen LogP contribution in [0.5, 0.6) is 5.75 Å². The number of hydrogen-bond acceptors (Lipinski definition) is 5. The van der Waals surface area contributed by atoms with Crippen molar-refractivity contribution in [1.82, 2.24) is 16.2 Å². The van der Waals surface area contributed by atoms with Crippen LogP contribution in [-0.2, 0) is 4.79 Å². The fraction of sp³-hybridized carbons (Fsp3) is 0.316. The Morgan fingerprint density at radius 3 is 2.30 bits per heavy atom. The minimum Gasteiger partial charge on any atom is -0.494 e. The van der Waals surface area contributed by atoms with E-state index in [0.717, 1.165) is 0 Å². The van der Waals surface area contributed by atoms with Gasteiger partial charge in [-0.2, -0.15) is 0 Å². The van der Waals surface area contributed by atoms with E-state index in [2.05, 4.69) is 16.2 Å². The second-order valence-corrected chi connectivity index (χ2v) is 7.02. The fourth-order valence-corrected chi connectivity index (χ4v) is 2.92. The van der Waals surface area contributed by atoms with Crippen LogP contribution >= 0.6 is 11.3 Å². The molecule has 0 bridgehead atoms. The van der Waals surface area contributed by atoms with E-state index in [-0.39, 0.29) is 11.8 Å². The number of carbonyl (C=O) groups excluding carboxylic acids is 3. The number of ether oxygens (including phenoxy) is 1. The number of thiophene rings is 1. The Kier molecular flexibility index (Phi) is 7.36. The van der Waals surface area contributed by atoms with Gasteiger partial charge in [0.1, 0.15) is 11.8 Å². The van der Waals surface area contributed by atoms with Gasteiger partial charge in [-0.3, -0.25) is 25.2 Å². The second-order valence-electron chi connectivity index (χ2n) is 6.07. The van der Waals surface area contributed by atoms with Crippen LogP contribution in [0.25, 0.3) is 0 Å². The molecule has 0 unspecified atom stereocenters. The predicted molar refractivity (Wildman–Crippen MR) is 104 cm³/mol. The maximum absolute atomic E-state index is 12.4. The quantitative estimate of drug-likeness (QED) is 0.634. The van der Waals surface area contributed by atoms with Gasteiger partial charge in [-0.25, -0.2) is 0 Å². The van der Waals surface area contributed by atoms with Gasteiger partial charge in [0.2, 0.25) is 0 Å². The molecule has 3 amide bonds. The van der Waals surface area contributed by atoms with Crippen molar-refractivity contribution >= 4 is 29.1 Å². The van der Waals surface area contributed by atoms with Gasteiger partial charge in [-0.05, 0) is 48.6 Å². The van der Waals surface area contributed by atoms with Crippen LogP contribution in [0.15, 0.2) is 41.8 Å². The van der Waals surface area contributed by atoms with Crippen molar-refractivity contribution in [3.63, 3.8) is 0 Å². The molecular weight excluding hydrogens is 366 g/mol. The Morgan fingerprint density at radius 1 is 1.04 bits per heavy atom. The van der Waals surface area contributed by atoms with Gasteiger partial charge in [-0.15, -0.1) is 11.3 Å². The maximum Gasteiger partial charge on any atom is 0.269 e. The van der Waals surface area contributed by atoms with Crippen LogP contribution in [0, 0.1) is 5.92 Å². The lowest BCUT2D eigenvalue weighted by molar-refractivity contribution is -0.124. The summed E-state index contributed by atoms with van der Waals surface area (Å²) in [6, 6.07) is 9.23. The number of hydrazine groups is 1. The molecule has 0 aliphatic carbocycles. The molecule has 0 aliphatic rings. The monoisotopic (exact) mass is 389 g/mol. The summed E-state index contributed by atoms with van der Waals surface area (Å²) in [4.78, 5) is 37.3.